The summed E-state index contributed by atoms with van der Waals surface area (Å²) >= 11 is 18.9. The van der Waals surface area contributed by atoms with Crippen LogP contribution in [0.25, 0.3) is 0 Å². The number of halogens is 3. The number of benzene rings is 2. The Kier molecular flexibility index (Phi) is 9.10. The van der Waals surface area contributed by atoms with Crippen molar-refractivity contribution in [2.24, 2.45) is 0 Å². The molecule has 0 saturated heterocycles. The van der Waals surface area contributed by atoms with Gasteiger partial charge in [0.25, 0.3) is 0 Å². The molecule has 0 bridgehead atoms. The number of nitrogens with zero attached hydrogens (tertiary/aromatic N) is 1. The highest BCUT2D eigenvalue weighted by Gasteiger charge is 2.13. The Morgan fingerprint density at radius 3 is 2.42 bits per heavy atom. The first kappa shape index (κ1) is 23.5. The van der Waals surface area contributed by atoms with Crippen LogP contribution in [0, 0.1) is 0 Å². The highest BCUT2D eigenvalue weighted by molar-refractivity contribution is 6.36. The molecule has 0 aliphatic rings. The molecule has 0 aliphatic heterocycles. The van der Waals surface area contributed by atoms with Crippen LogP contribution in [-0.4, -0.2) is 25.2 Å². The maximum absolute atomic E-state index is 6.46. The molecule has 0 radical (unpaired) electrons. The van der Waals surface area contributed by atoms with Crippen molar-refractivity contribution < 1.29 is 14.2 Å². The van der Waals surface area contributed by atoms with Crippen LogP contribution in [0.4, 0.5) is 0 Å². The molecule has 0 unspecified atom stereocenters. The summed E-state index contributed by atoms with van der Waals surface area (Å²) in [4.78, 5) is 4.13. The van der Waals surface area contributed by atoms with Crippen LogP contribution in [0.1, 0.15) is 17.5 Å². The summed E-state index contributed by atoms with van der Waals surface area (Å²) in [6.45, 7) is 2.15. The van der Waals surface area contributed by atoms with E-state index in [1.54, 1.807) is 37.6 Å². The van der Waals surface area contributed by atoms with Gasteiger partial charge in [-0.1, -0.05) is 46.9 Å². The van der Waals surface area contributed by atoms with Crippen molar-refractivity contribution in [3.8, 4) is 17.4 Å². The summed E-state index contributed by atoms with van der Waals surface area (Å²) < 4.78 is 17.0. The van der Waals surface area contributed by atoms with Crippen LogP contribution >= 0.6 is 34.8 Å². The lowest BCUT2D eigenvalue weighted by molar-refractivity contribution is 0.284. The average Bonchev–Trinajstić information content (AvgIpc) is 2.77. The summed E-state index contributed by atoms with van der Waals surface area (Å²) in [5, 5.41) is 5.03. The third kappa shape index (κ3) is 6.91. The van der Waals surface area contributed by atoms with Crippen molar-refractivity contribution in [1.29, 1.82) is 0 Å². The average molecular weight is 482 g/mol. The van der Waals surface area contributed by atoms with E-state index in [2.05, 4.69) is 10.3 Å². The van der Waals surface area contributed by atoms with Gasteiger partial charge in [-0.3, -0.25) is 0 Å². The summed E-state index contributed by atoms with van der Waals surface area (Å²) in [6, 6.07) is 14.5. The lowest BCUT2D eigenvalue weighted by Gasteiger charge is -2.15. The van der Waals surface area contributed by atoms with Gasteiger partial charge in [0.15, 0.2) is 11.5 Å². The maximum atomic E-state index is 6.46. The molecule has 1 N–H and O–H groups in total. The molecule has 0 aliphatic carbocycles. The summed E-state index contributed by atoms with van der Waals surface area (Å²) in [6.07, 6.45) is 2.55. The van der Waals surface area contributed by atoms with Crippen molar-refractivity contribution in [2.45, 2.75) is 19.6 Å². The van der Waals surface area contributed by atoms with Gasteiger partial charge in [0.2, 0.25) is 5.88 Å². The van der Waals surface area contributed by atoms with Gasteiger partial charge in [0.05, 0.1) is 13.7 Å². The van der Waals surface area contributed by atoms with Crippen LogP contribution < -0.4 is 19.5 Å². The number of hydrogen-bond donors (Lipinski definition) is 1. The maximum Gasteiger partial charge on any atom is 0.213 e. The van der Waals surface area contributed by atoms with E-state index in [9.17, 15) is 0 Å². The van der Waals surface area contributed by atoms with E-state index in [4.69, 9.17) is 49.0 Å². The minimum atomic E-state index is 0.207. The predicted molar refractivity (Wildman–Crippen MR) is 125 cm³/mol. The molecular weight excluding hydrogens is 459 g/mol. The molecule has 0 spiro atoms. The second-order valence-electron chi connectivity index (χ2n) is 6.63. The zero-order chi connectivity index (χ0) is 22.1. The summed E-state index contributed by atoms with van der Waals surface area (Å²) in [5.41, 5.74) is 1.62. The first-order valence-corrected chi connectivity index (χ1v) is 10.9. The molecule has 8 heteroatoms. The van der Waals surface area contributed by atoms with Crippen molar-refractivity contribution in [2.75, 3.05) is 20.3 Å². The van der Waals surface area contributed by atoms with Crippen LogP contribution in [0.15, 0.2) is 54.7 Å². The number of methoxy groups -OCH3 is 1. The third-order valence-electron chi connectivity index (χ3n) is 4.47. The zero-order valence-electron chi connectivity index (χ0n) is 17.0. The minimum absolute atomic E-state index is 0.207. The highest BCUT2D eigenvalue weighted by Crippen LogP contribution is 2.35. The smallest absolute Gasteiger partial charge is 0.213 e. The Morgan fingerprint density at radius 1 is 0.903 bits per heavy atom. The molecule has 0 atom stereocenters. The van der Waals surface area contributed by atoms with E-state index in [1.807, 2.05) is 24.3 Å². The molecule has 5 nitrogen and oxygen atoms in total. The van der Waals surface area contributed by atoms with Crippen molar-refractivity contribution in [3.63, 3.8) is 0 Å². The molecule has 0 amide bonds. The molecule has 1 heterocycles. The fraction of sp³-hybridized carbons (Fsp3) is 0.261. The molecule has 164 valence electrons. The van der Waals surface area contributed by atoms with Crippen LogP contribution in [0.5, 0.6) is 17.4 Å². The van der Waals surface area contributed by atoms with E-state index in [-0.39, 0.29) is 6.61 Å². The number of nitrogens with one attached hydrogen (secondary N) is 1. The van der Waals surface area contributed by atoms with E-state index >= 15 is 0 Å². The van der Waals surface area contributed by atoms with Crippen LogP contribution in [0.3, 0.4) is 0 Å². The predicted octanol–water partition coefficient (Wildman–Crippen LogP) is 6.19. The van der Waals surface area contributed by atoms with Gasteiger partial charge in [-0.2, -0.15) is 0 Å². The Bertz CT molecular complexity index is 967. The second-order valence-corrected chi connectivity index (χ2v) is 7.85. The molecule has 31 heavy (non-hydrogen) atoms. The lowest BCUT2D eigenvalue weighted by atomic mass is 10.2. The van der Waals surface area contributed by atoms with E-state index in [0.717, 1.165) is 18.5 Å². The number of rotatable bonds is 11. The number of ether oxygens (including phenoxy) is 3. The van der Waals surface area contributed by atoms with Gasteiger partial charge in [-0.25, -0.2) is 4.98 Å². The SMILES string of the molecule is COc1cc(CNCCCOc2ccccn2)c(Cl)cc1OCc1c(Cl)cccc1Cl. The molecule has 0 saturated carbocycles. The molecular formula is C23H23Cl3N2O3. The number of pyridine rings is 1. The highest BCUT2D eigenvalue weighted by atomic mass is 35.5. The Balaban J connectivity index is 1.51. The summed E-state index contributed by atoms with van der Waals surface area (Å²) in [7, 11) is 1.59. The fourth-order valence-electron chi connectivity index (χ4n) is 2.83. The fourth-order valence-corrected chi connectivity index (χ4v) is 3.56. The van der Waals surface area contributed by atoms with Crippen molar-refractivity contribution in [3.05, 3.63) is 80.9 Å². The molecule has 3 rings (SSSR count). The molecule has 2 aromatic carbocycles. The largest absolute Gasteiger partial charge is 0.493 e. The Morgan fingerprint density at radius 2 is 1.71 bits per heavy atom. The van der Waals surface area contributed by atoms with Gasteiger partial charge in [0, 0.05) is 45.5 Å². The topological polar surface area (TPSA) is 52.6 Å². The quantitative estimate of drug-likeness (QED) is 0.331. The summed E-state index contributed by atoms with van der Waals surface area (Å²) in [5.74, 6) is 1.74. The van der Waals surface area contributed by atoms with Gasteiger partial charge < -0.3 is 19.5 Å². The van der Waals surface area contributed by atoms with Crippen LogP contribution in [0.2, 0.25) is 15.1 Å². The molecule has 1 aromatic heterocycles. The van der Waals surface area contributed by atoms with E-state index in [0.29, 0.717) is 51.2 Å². The van der Waals surface area contributed by atoms with E-state index in [1.165, 1.54) is 0 Å². The van der Waals surface area contributed by atoms with Gasteiger partial charge in [-0.15, -0.1) is 0 Å². The number of aromatic nitrogens is 1. The third-order valence-corrected chi connectivity index (χ3v) is 5.53. The van der Waals surface area contributed by atoms with Gasteiger partial charge >= 0.3 is 0 Å². The number of hydrogen-bond acceptors (Lipinski definition) is 5. The Hall–Kier alpha value is -2.18. The van der Waals surface area contributed by atoms with Gasteiger partial charge in [-0.05, 0) is 42.8 Å². The standard InChI is InChI=1S/C23H23Cl3N2O3/c1-29-21-12-16(14-27-9-5-11-30-23-8-2-3-10-28-23)20(26)13-22(21)31-15-17-18(24)6-4-7-19(17)25/h2-4,6-8,10,12-13,27H,5,9,11,14-15H2,1H3. The van der Waals surface area contributed by atoms with Gasteiger partial charge in [0.1, 0.15) is 6.61 Å². The molecule has 0 fully saturated rings. The van der Waals surface area contributed by atoms with Crippen LogP contribution in [-0.2, 0) is 13.2 Å². The van der Waals surface area contributed by atoms with Crippen molar-refractivity contribution >= 4 is 34.8 Å². The minimum Gasteiger partial charge on any atom is -0.493 e. The Labute approximate surface area is 197 Å². The van der Waals surface area contributed by atoms with E-state index < -0.39 is 0 Å². The second kappa shape index (κ2) is 12.0. The first-order valence-electron chi connectivity index (χ1n) is 9.75. The monoisotopic (exact) mass is 480 g/mol. The van der Waals surface area contributed by atoms with Crippen molar-refractivity contribution in [1.82, 2.24) is 10.3 Å². The normalized spacial score (nSPS) is 10.7. The zero-order valence-corrected chi connectivity index (χ0v) is 19.3. The molecule has 3 aromatic rings. The lowest BCUT2D eigenvalue weighted by Crippen LogP contribution is -2.17. The first-order chi connectivity index (χ1) is 15.1.